The van der Waals surface area contributed by atoms with Crippen molar-refractivity contribution >= 4 is 5.91 Å². The third-order valence-corrected chi connectivity index (χ3v) is 3.95. The summed E-state index contributed by atoms with van der Waals surface area (Å²) in [6, 6.07) is -0.237. The summed E-state index contributed by atoms with van der Waals surface area (Å²) in [7, 11) is 0. The van der Waals surface area contributed by atoms with Gasteiger partial charge in [-0.25, -0.2) is 0 Å². The predicted molar refractivity (Wildman–Crippen MR) is 66.5 cm³/mol. The van der Waals surface area contributed by atoms with Gasteiger partial charge in [0, 0.05) is 13.1 Å². The molecular weight excluding hydrogens is 216 g/mol. The Morgan fingerprint density at radius 1 is 1.47 bits per heavy atom. The SMILES string of the molecule is CC1CC(CN2CC(C)(C)OCC2C(N)=O)C1. The highest BCUT2D eigenvalue weighted by atomic mass is 16.5. The third-order valence-electron chi connectivity index (χ3n) is 3.95. The summed E-state index contributed by atoms with van der Waals surface area (Å²) in [6.45, 7) is 8.65. The first-order valence-electron chi connectivity index (χ1n) is 6.55. The lowest BCUT2D eigenvalue weighted by Crippen LogP contribution is -2.59. The lowest BCUT2D eigenvalue weighted by Gasteiger charge is -2.45. The second-order valence-electron chi connectivity index (χ2n) is 6.36. The first kappa shape index (κ1) is 12.8. The number of ether oxygens (including phenoxy) is 1. The molecule has 2 rings (SSSR count). The van der Waals surface area contributed by atoms with Crippen molar-refractivity contribution in [3.63, 3.8) is 0 Å². The maximum Gasteiger partial charge on any atom is 0.237 e. The van der Waals surface area contributed by atoms with Crippen LogP contribution < -0.4 is 5.73 Å². The van der Waals surface area contributed by atoms with Gasteiger partial charge in [-0.15, -0.1) is 0 Å². The molecule has 1 saturated heterocycles. The zero-order chi connectivity index (χ0) is 12.6. The van der Waals surface area contributed by atoms with Crippen molar-refractivity contribution in [3.05, 3.63) is 0 Å². The number of hydrogen-bond acceptors (Lipinski definition) is 3. The molecular formula is C13H24N2O2. The van der Waals surface area contributed by atoms with Crippen LogP contribution in [0.2, 0.25) is 0 Å². The molecule has 98 valence electrons. The lowest BCUT2D eigenvalue weighted by atomic mass is 9.75. The van der Waals surface area contributed by atoms with Crippen molar-refractivity contribution in [3.8, 4) is 0 Å². The zero-order valence-electron chi connectivity index (χ0n) is 11.1. The van der Waals surface area contributed by atoms with Crippen molar-refractivity contribution in [2.45, 2.75) is 45.3 Å². The first-order valence-corrected chi connectivity index (χ1v) is 6.55. The van der Waals surface area contributed by atoms with Gasteiger partial charge in [-0.3, -0.25) is 9.69 Å². The molecule has 2 N–H and O–H groups in total. The highest BCUT2D eigenvalue weighted by Gasteiger charge is 2.39. The van der Waals surface area contributed by atoms with Gasteiger partial charge in [-0.05, 0) is 38.5 Å². The van der Waals surface area contributed by atoms with Crippen LogP contribution >= 0.6 is 0 Å². The Hall–Kier alpha value is -0.610. The maximum atomic E-state index is 11.4. The maximum absolute atomic E-state index is 11.4. The van der Waals surface area contributed by atoms with Crippen LogP contribution in [0, 0.1) is 11.8 Å². The first-order chi connectivity index (χ1) is 7.87. The highest BCUT2D eigenvalue weighted by molar-refractivity contribution is 5.80. The van der Waals surface area contributed by atoms with E-state index in [4.69, 9.17) is 10.5 Å². The summed E-state index contributed by atoms with van der Waals surface area (Å²) < 4.78 is 5.68. The minimum atomic E-state index is -0.257. The van der Waals surface area contributed by atoms with Gasteiger partial charge in [0.1, 0.15) is 6.04 Å². The second kappa shape index (κ2) is 4.58. The number of nitrogens with zero attached hydrogens (tertiary/aromatic N) is 1. The molecule has 1 atom stereocenters. The van der Waals surface area contributed by atoms with Gasteiger partial charge in [0.15, 0.2) is 0 Å². The van der Waals surface area contributed by atoms with Crippen molar-refractivity contribution in [2.75, 3.05) is 19.7 Å². The van der Waals surface area contributed by atoms with E-state index in [0.29, 0.717) is 6.61 Å². The summed E-state index contributed by atoms with van der Waals surface area (Å²) in [6.07, 6.45) is 2.56. The summed E-state index contributed by atoms with van der Waals surface area (Å²) in [4.78, 5) is 13.7. The van der Waals surface area contributed by atoms with E-state index >= 15 is 0 Å². The topological polar surface area (TPSA) is 55.6 Å². The van der Waals surface area contributed by atoms with E-state index in [2.05, 4.69) is 25.7 Å². The number of carbonyl (C=O) groups excluding carboxylic acids is 1. The number of morpholine rings is 1. The molecule has 0 radical (unpaired) electrons. The van der Waals surface area contributed by atoms with Crippen molar-refractivity contribution in [1.82, 2.24) is 4.90 Å². The van der Waals surface area contributed by atoms with E-state index in [0.717, 1.165) is 24.9 Å². The van der Waals surface area contributed by atoms with Crippen LogP contribution in [0.1, 0.15) is 33.6 Å². The smallest absolute Gasteiger partial charge is 0.237 e. The fourth-order valence-electron chi connectivity index (χ4n) is 3.06. The second-order valence-corrected chi connectivity index (χ2v) is 6.36. The molecule has 4 heteroatoms. The van der Waals surface area contributed by atoms with E-state index in [1.165, 1.54) is 12.8 Å². The lowest BCUT2D eigenvalue weighted by molar-refractivity contribution is -0.147. The Labute approximate surface area is 103 Å². The molecule has 1 amide bonds. The Morgan fingerprint density at radius 3 is 2.65 bits per heavy atom. The molecule has 2 fully saturated rings. The summed E-state index contributed by atoms with van der Waals surface area (Å²) >= 11 is 0. The van der Waals surface area contributed by atoms with E-state index in [1.807, 2.05) is 0 Å². The highest BCUT2D eigenvalue weighted by Crippen LogP contribution is 2.35. The van der Waals surface area contributed by atoms with Crippen molar-refractivity contribution in [2.24, 2.45) is 17.6 Å². The summed E-state index contributed by atoms with van der Waals surface area (Å²) in [5.41, 5.74) is 5.28. The average molecular weight is 240 g/mol. The third kappa shape index (κ3) is 2.99. The van der Waals surface area contributed by atoms with Crippen molar-refractivity contribution in [1.29, 1.82) is 0 Å². The molecule has 4 nitrogen and oxygen atoms in total. The molecule has 1 aliphatic carbocycles. The van der Waals surface area contributed by atoms with Crippen LogP contribution in [0.25, 0.3) is 0 Å². The number of carbonyl (C=O) groups is 1. The summed E-state index contributed by atoms with van der Waals surface area (Å²) in [5.74, 6) is 1.33. The van der Waals surface area contributed by atoms with Gasteiger partial charge >= 0.3 is 0 Å². The van der Waals surface area contributed by atoms with Crippen LogP contribution in [0.15, 0.2) is 0 Å². The molecule has 0 aromatic carbocycles. The van der Waals surface area contributed by atoms with Crippen LogP contribution in [0.5, 0.6) is 0 Å². The molecule has 1 aliphatic heterocycles. The van der Waals surface area contributed by atoms with E-state index in [1.54, 1.807) is 0 Å². The number of hydrogen-bond donors (Lipinski definition) is 1. The van der Waals surface area contributed by atoms with Gasteiger partial charge in [0.2, 0.25) is 5.91 Å². The van der Waals surface area contributed by atoms with Gasteiger partial charge in [0.25, 0.3) is 0 Å². The number of nitrogens with two attached hydrogens (primary N) is 1. The minimum absolute atomic E-state index is 0.165. The summed E-state index contributed by atoms with van der Waals surface area (Å²) in [5, 5.41) is 0. The molecule has 1 unspecified atom stereocenters. The van der Waals surface area contributed by atoms with Crippen LogP contribution in [0.3, 0.4) is 0 Å². The standard InChI is InChI=1S/C13H24N2O2/c1-9-4-10(5-9)6-15-8-13(2,3)17-7-11(15)12(14)16/h9-11H,4-8H2,1-3H3,(H2,14,16). The van der Waals surface area contributed by atoms with Gasteiger partial charge < -0.3 is 10.5 Å². The number of primary amides is 1. The molecule has 17 heavy (non-hydrogen) atoms. The van der Waals surface area contributed by atoms with Crippen LogP contribution in [-0.2, 0) is 9.53 Å². The Bertz CT molecular complexity index is 298. The van der Waals surface area contributed by atoms with E-state index in [9.17, 15) is 4.79 Å². The van der Waals surface area contributed by atoms with Crippen molar-refractivity contribution < 1.29 is 9.53 Å². The molecule has 2 aliphatic rings. The van der Waals surface area contributed by atoms with Gasteiger partial charge in [-0.1, -0.05) is 6.92 Å². The molecule has 0 spiro atoms. The van der Waals surface area contributed by atoms with Crippen LogP contribution in [0.4, 0.5) is 0 Å². The molecule has 0 aromatic heterocycles. The zero-order valence-corrected chi connectivity index (χ0v) is 11.1. The molecule has 0 bridgehead atoms. The average Bonchev–Trinajstić information content (AvgIpc) is 2.13. The minimum Gasteiger partial charge on any atom is -0.372 e. The fraction of sp³-hybridized carbons (Fsp3) is 0.923. The number of amides is 1. The normalized spacial score (nSPS) is 37.5. The fourth-order valence-corrected chi connectivity index (χ4v) is 3.06. The predicted octanol–water partition coefficient (Wildman–Crippen LogP) is 0.997. The largest absolute Gasteiger partial charge is 0.372 e. The Balaban J connectivity index is 1.96. The Kier molecular flexibility index (Phi) is 3.46. The number of rotatable bonds is 3. The Morgan fingerprint density at radius 2 is 2.12 bits per heavy atom. The molecule has 1 saturated carbocycles. The van der Waals surface area contributed by atoms with E-state index in [-0.39, 0.29) is 17.6 Å². The quantitative estimate of drug-likeness (QED) is 0.800. The van der Waals surface area contributed by atoms with Gasteiger partial charge in [-0.2, -0.15) is 0 Å². The van der Waals surface area contributed by atoms with Crippen LogP contribution in [-0.4, -0.2) is 42.1 Å². The molecule has 1 heterocycles. The molecule has 0 aromatic rings. The van der Waals surface area contributed by atoms with Gasteiger partial charge in [0.05, 0.1) is 12.2 Å². The van der Waals surface area contributed by atoms with E-state index < -0.39 is 0 Å². The monoisotopic (exact) mass is 240 g/mol.